The largest absolute Gasteiger partial charge is 0.375 e. The first kappa shape index (κ1) is 14.0. The zero-order valence-electron chi connectivity index (χ0n) is 10.9. The van der Waals surface area contributed by atoms with Crippen molar-refractivity contribution in [3.63, 3.8) is 0 Å². The number of hydrogen-bond donors (Lipinski definition) is 1. The molecule has 17 heavy (non-hydrogen) atoms. The van der Waals surface area contributed by atoms with E-state index in [0.29, 0.717) is 6.04 Å². The summed E-state index contributed by atoms with van der Waals surface area (Å²) in [6, 6.07) is 0.703. The molecule has 0 saturated carbocycles. The minimum atomic E-state index is 0.237. The summed E-state index contributed by atoms with van der Waals surface area (Å²) in [5, 5.41) is 3.73. The van der Waals surface area contributed by atoms with E-state index < -0.39 is 0 Å². The molecule has 2 rings (SSSR count). The van der Waals surface area contributed by atoms with Crippen molar-refractivity contribution in [2.24, 2.45) is 0 Å². The van der Waals surface area contributed by atoms with Gasteiger partial charge in [0.05, 0.1) is 5.60 Å². The summed E-state index contributed by atoms with van der Waals surface area (Å²) in [5.41, 5.74) is 0.237. The van der Waals surface area contributed by atoms with Gasteiger partial charge in [0.1, 0.15) is 0 Å². The van der Waals surface area contributed by atoms with Crippen molar-refractivity contribution in [2.75, 3.05) is 36.7 Å². The number of nitrogens with one attached hydrogen (secondary N) is 1. The Balaban J connectivity index is 1.72. The fourth-order valence-electron chi connectivity index (χ4n) is 2.82. The minimum absolute atomic E-state index is 0.237. The van der Waals surface area contributed by atoms with Gasteiger partial charge in [-0.1, -0.05) is 0 Å². The van der Waals surface area contributed by atoms with Crippen LogP contribution in [0.3, 0.4) is 0 Å². The molecule has 0 amide bonds. The van der Waals surface area contributed by atoms with Crippen molar-refractivity contribution in [3.05, 3.63) is 0 Å². The third-order valence-corrected chi connectivity index (χ3v) is 5.54. The van der Waals surface area contributed by atoms with Crippen LogP contribution >= 0.6 is 23.5 Å². The molecule has 0 aliphatic carbocycles. The second-order valence-corrected chi connectivity index (χ2v) is 7.34. The predicted octanol–water partition coefficient (Wildman–Crippen LogP) is 2.77. The molecule has 4 heteroatoms. The Hall–Kier alpha value is 0.620. The number of thioether (sulfide) groups is 2. The van der Waals surface area contributed by atoms with Gasteiger partial charge in [-0.2, -0.15) is 23.5 Å². The lowest BCUT2D eigenvalue weighted by Gasteiger charge is -2.43. The Labute approximate surface area is 114 Å². The van der Waals surface area contributed by atoms with E-state index in [1.165, 1.54) is 55.9 Å². The van der Waals surface area contributed by atoms with Crippen LogP contribution in [0.25, 0.3) is 0 Å². The zero-order chi connectivity index (χ0) is 12.0. The van der Waals surface area contributed by atoms with E-state index in [4.69, 9.17) is 4.74 Å². The third kappa shape index (κ3) is 4.34. The van der Waals surface area contributed by atoms with E-state index in [-0.39, 0.29) is 5.60 Å². The summed E-state index contributed by atoms with van der Waals surface area (Å²) in [7, 11) is 0. The fourth-order valence-corrected chi connectivity index (χ4v) is 4.49. The molecule has 1 spiro atoms. The highest BCUT2D eigenvalue weighted by atomic mass is 32.2. The van der Waals surface area contributed by atoms with Crippen LogP contribution in [0.5, 0.6) is 0 Å². The van der Waals surface area contributed by atoms with Gasteiger partial charge in [0.2, 0.25) is 0 Å². The van der Waals surface area contributed by atoms with E-state index in [9.17, 15) is 0 Å². The van der Waals surface area contributed by atoms with Gasteiger partial charge in [0.15, 0.2) is 0 Å². The lowest BCUT2D eigenvalue weighted by Crippen LogP contribution is -2.49. The summed E-state index contributed by atoms with van der Waals surface area (Å²) in [6.45, 7) is 2.14. The van der Waals surface area contributed by atoms with E-state index in [1.54, 1.807) is 0 Å². The number of ether oxygens (including phenoxy) is 1. The van der Waals surface area contributed by atoms with Crippen molar-refractivity contribution in [2.45, 2.75) is 43.7 Å². The van der Waals surface area contributed by atoms with Gasteiger partial charge in [-0.05, 0) is 62.2 Å². The zero-order valence-corrected chi connectivity index (χ0v) is 12.5. The van der Waals surface area contributed by atoms with Gasteiger partial charge in [0, 0.05) is 12.6 Å². The second kappa shape index (κ2) is 7.27. The first-order chi connectivity index (χ1) is 8.35. The minimum Gasteiger partial charge on any atom is -0.375 e. The molecule has 0 aromatic heterocycles. The van der Waals surface area contributed by atoms with Crippen LogP contribution in [0.4, 0.5) is 0 Å². The average Bonchev–Trinajstić information content (AvgIpc) is 2.36. The quantitative estimate of drug-likeness (QED) is 0.779. The predicted molar refractivity (Wildman–Crippen MR) is 79.3 cm³/mol. The Bertz CT molecular complexity index is 214. The maximum absolute atomic E-state index is 6.11. The highest BCUT2D eigenvalue weighted by Crippen LogP contribution is 2.37. The first-order valence-corrected chi connectivity index (χ1v) is 9.34. The van der Waals surface area contributed by atoms with E-state index in [0.717, 1.165) is 6.61 Å². The molecule has 2 aliphatic heterocycles. The SMILES string of the molecule is CSCCCNC1CCOC2(CCSCC2)C1. The summed E-state index contributed by atoms with van der Waals surface area (Å²) in [5.74, 6) is 3.86. The van der Waals surface area contributed by atoms with Crippen molar-refractivity contribution < 1.29 is 4.74 Å². The van der Waals surface area contributed by atoms with Gasteiger partial charge in [-0.25, -0.2) is 0 Å². The Kier molecular flexibility index (Phi) is 6.00. The highest BCUT2D eigenvalue weighted by Gasteiger charge is 2.38. The molecule has 0 bridgehead atoms. The Morgan fingerprint density at radius 3 is 3.00 bits per heavy atom. The van der Waals surface area contributed by atoms with Crippen LogP contribution in [0.15, 0.2) is 0 Å². The Morgan fingerprint density at radius 2 is 2.24 bits per heavy atom. The molecule has 1 N–H and O–H groups in total. The molecule has 0 radical (unpaired) electrons. The molecule has 2 saturated heterocycles. The lowest BCUT2D eigenvalue weighted by molar-refractivity contribution is -0.0930. The summed E-state index contributed by atoms with van der Waals surface area (Å²) >= 11 is 4.03. The molecule has 0 aromatic carbocycles. The topological polar surface area (TPSA) is 21.3 Å². The van der Waals surface area contributed by atoms with Crippen LogP contribution in [-0.4, -0.2) is 48.3 Å². The van der Waals surface area contributed by atoms with E-state index in [1.807, 2.05) is 11.8 Å². The van der Waals surface area contributed by atoms with Crippen LogP contribution in [0.1, 0.15) is 32.1 Å². The molecule has 2 heterocycles. The molecule has 1 unspecified atom stereocenters. The number of rotatable bonds is 5. The monoisotopic (exact) mass is 275 g/mol. The maximum Gasteiger partial charge on any atom is 0.0713 e. The van der Waals surface area contributed by atoms with Crippen LogP contribution in [0.2, 0.25) is 0 Å². The highest BCUT2D eigenvalue weighted by molar-refractivity contribution is 7.99. The average molecular weight is 275 g/mol. The molecule has 2 nitrogen and oxygen atoms in total. The fraction of sp³-hybridized carbons (Fsp3) is 1.00. The standard InChI is InChI=1S/C13H25NOS2/c1-16-8-2-6-14-12-3-7-15-13(11-12)4-9-17-10-5-13/h12,14H,2-11H2,1H3. The van der Waals surface area contributed by atoms with Crippen molar-refractivity contribution in [3.8, 4) is 0 Å². The van der Waals surface area contributed by atoms with Gasteiger partial charge in [-0.3, -0.25) is 0 Å². The van der Waals surface area contributed by atoms with Crippen LogP contribution in [0, 0.1) is 0 Å². The maximum atomic E-state index is 6.11. The van der Waals surface area contributed by atoms with Gasteiger partial charge >= 0.3 is 0 Å². The number of hydrogen-bond acceptors (Lipinski definition) is 4. The van der Waals surface area contributed by atoms with Crippen LogP contribution < -0.4 is 5.32 Å². The molecule has 1 atom stereocenters. The van der Waals surface area contributed by atoms with Crippen molar-refractivity contribution in [1.29, 1.82) is 0 Å². The van der Waals surface area contributed by atoms with Crippen molar-refractivity contribution >= 4 is 23.5 Å². The summed E-state index contributed by atoms with van der Waals surface area (Å²) in [6.07, 6.45) is 8.45. The van der Waals surface area contributed by atoms with Gasteiger partial charge in [0.25, 0.3) is 0 Å². The molecule has 100 valence electrons. The van der Waals surface area contributed by atoms with Crippen LogP contribution in [-0.2, 0) is 4.74 Å². The lowest BCUT2D eigenvalue weighted by atomic mass is 9.85. The molecule has 2 fully saturated rings. The second-order valence-electron chi connectivity index (χ2n) is 5.13. The first-order valence-electron chi connectivity index (χ1n) is 6.79. The van der Waals surface area contributed by atoms with Crippen molar-refractivity contribution in [1.82, 2.24) is 5.32 Å². The molecular formula is C13H25NOS2. The third-order valence-electron chi connectivity index (χ3n) is 3.86. The summed E-state index contributed by atoms with van der Waals surface area (Å²) < 4.78 is 6.11. The van der Waals surface area contributed by atoms with Gasteiger partial charge < -0.3 is 10.1 Å². The molecule has 0 aromatic rings. The Morgan fingerprint density at radius 1 is 1.41 bits per heavy atom. The molecular weight excluding hydrogens is 250 g/mol. The smallest absolute Gasteiger partial charge is 0.0713 e. The normalized spacial score (nSPS) is 28.4. The van der Waals surface area contributed by atoms with Gasteiger partial charge in [-0.15, -0.1) is 0 Å². The van der Waals surface area contributed by atoms with E-state index >= 15 is 0 Å². The van der Waals surface area contributed by atoms with E-state index in [2.05, 4.69) is 23.3 Å². The summed E-state index contributed by atoms with van der Waals surface area (Å²) in [4.78, 5) is 0. The molecule has 2 aliphatic rings.